The Morgan fingerprint density at radius 1 is 1.27 bits per heavy atom. The largest absolute Gasteiger partial charge is 0.368 e. The van der Waals surface area contributed by atoms with Crippen molar-refractivity contribution < 1.29 is 9.59 Å². The number of primary amides is 1. The van der Waals surface area contributed by atoms with Crippen molar-refractivity contribution >= 4 is 11.8 Å². The quantitative estimate of drug-likeness (QED) is 0.589. The highest BCUT2D eigenvalue weighted by molar-refractivity contribution is 5.87. The molecule has 5 heteroatoms. The van der Waals surface area contributed by atoms with Gasteiger partial charge < -0.3 is 16.8 Å². The number of nitrogens with two attached hydrogens (primary N) is 2. The minimum Gasteiger partial charge on any atom is -0.368 e. The number of carbonyl (C=O) groups excluding carboxylic acids is 2. The maximum Gasteiger partial charge on any atom is 0.239 e. The van der Waals surface area contributed by atoms with Crippen LogP contribution in [-0.4, -0.2) is 23.9 Å². The molecule has 5 N–H and O–H groups in total. The minimum absolute atomic E-state index is 0.00778. The summed E-state index contributed by atoms with van der Waals surface area (Å²) in [6, 6.07) is -0.365. The van der Waals surface area contributed by atoms with Crippen molar-refractivity contribution in [3.05, 3.63) is 0 Å². The molecule has 0 bridgehead atoms. The Balaban J connectivity index is 2.37. The average Bonchev–Trinajstić information content (AvgIpc) is 2.18. The van der Waals surface area contributed by atoms with Gasteiger partial charge in [-0.15, -0.1) is 0 Å². The van der Waals surface area contributed by atoms with E-state index in [9.17, 15) is 9.59 Å². The highest BCUT2D eigenvalue weighted by Gasteiger charge is 2.25. The fourth-order valence-electron chi connectivity index (χ4n) is 1.78. The zero-order valence-electron chi connectivity index (χ0n) is 9.03. The van der Waals surface area contributed by atoms with Crippen LogP contribution in [0.2, 0.25) is 0 Å². The van der Waals surface area contributed by atoms with Crippen LogP contribution in [0.15, 0.2) is 0 Å². The van der Waals surface area contributed by atoms with Gasteiger partial charge >= 0.3 is 0 Å². The van der Waals surface area contributed by atoms with E-state index in [4.69, 9.17) is 11.5 Å². The molecule has 0 spiro atoms. The minimum atomic E-state index is -0.590. The van der Waals surface area contributed by atoms with Gasteiger partial charge in [0.2, 0.25) is 11.8 Å². The molecule has 0 aromatic rings. The van der Waals surface area contributed by atoms with E-state index in [1.165, 1.54) is 0 Å². The first-order valence-corrected chi connectivity index (χ1v) is 5.36. The van der Waals surface area contributed by atoms with Gasteiger partial charge in [0.1, 0.15) is 6.04 Å². The molecule has 0 radical (unpaired) electrons. The Hall–Kier alpha value is -1.10. The highest BCUT2D eigenvalue weighted by Crippen LogP contribution is 2.23. The van der Waals surface area contributed by atoms with Gasteiger partial charge in [-0.1, -0.05) is 0 Å². The number of hydrogen-bond donors (Lipinski definition) is 3. The van der Waals surface area contributed by atoms with Gasteiger partial charge in [0.05, 0.1) is 0 Å². The third kappa shape index (κ3) is 3.51. The number of carbonyl (C=O) groups is 2. The van der Waals surface area contributed by atoms with Crippen LogP contribution in [0.1, 0.15) is 32.6 Å². The molecular formula is C10H19N3O2. The van der Waals surface area contributed by atoms with Crippen LogP contribution in [0, 0.1) is 5.92 Å². The second-order valence-electron chi connectivity index (χ2n) is 4.24. The van der Waals surface area contributed by atoms with E-state index in [-0.39, 0.29) is 17.9 Å². The molecule has 1 rings (SSSR count). The molecule has 0 saturated heterocycles. The molecule has 1 aliphatic carbocycles. The van der Waals surface area contributed by atoms with Crippen molar-refractivity contribution in [3.63, 3.8) is 0 Å². The Bertz CT molecular complexity index is 247. The van der Waals surface area contributed by atoms with Crippen LogP contribution in [0.5, 0.6) is 0 Å². The van der Waals surface area contributed by atoms with Crippen molar-refractivity contribution in [1.82, 2.24) is 5.32 Å². The third-order valence-electron chi connectivity index (χ3n) is 2.93. The SMILES string of the molecule is CC(NC(=O)C1CCC(N)CC1)C(N)=O. The molecule has 0 aliphatic heterocycles. The fraction of sp³-hybridized carbons (Fsp3) is 0.800. The predicted octanol–water partition coefficient (Wildman–Crippen LogP) is -0.506. The van der Waals surface area contributed by atoms with Gasteiger partial charge in [-0.25, -0.2) is 0 Å². The molecule has 5 nitrogen and oxygen atoms in total. The average molecular weight is 213 g/mol. The van der Waals surface area contributed by atoms with E-state index in [1.807, 2.05) is 0 Å². The summed E-state index contributed by atoms with van der Waals surface area (Å²) in [4.78, 5) is 22.4. The monoisotopic (exact) mass is 213 g/mol. The van der Waals surface area contributed by atoms with Gasteiger partial charge in [-0.3, -0.25) is 9.59 Å². The van der Waals surface area contributed by atoms with Crippen molar-refractivity contribution in [2.45, 2.75) is 44.7 Å². The molecule has 0 aromatic heterocycles. The van der Waals surface area contributed by atoms with Gasteiger partial charge in [-0.2, -0.15) is 0 Å². The molecule has 1 unspecified atom stereocenters. The fourth-order valence-corrected chi connectivity index (χ4v) is 1.78. The van der Waals surface area contributed by atoms with E-state index in [0.29, 0.717) is 0 Å². The molecule has 0 aromatic carbocycles. The van der Waals surface area contributed by atoms with Gasteiger partial charge in [0.25, 0.3) is 0 Å². The summed E-state index contributed by atoms with van der Waals surface area (Å²) >= 11 is 0. The lowest BCUT2D eigenvalue weighted by Crippen LogP contribution is -2.45. The lowest BCUT2D eigenvalue weighted by Gasteiger charge is -2.25. The standard InChI is InChI=1S/C10H19N3O2/c1-6(9(12)14)13-10(15)7-2-4-8(11)5-3-7/h6-8H,2-5,11H2,1H3,(H2,12,14)(H,13,15). The van der Waals surface area contributed by atoms with Gasteiger partial charge in [0, 0.05) is 12.0 Å². The van der Waals surface area contributed by atoms with Gasteiger partial charge in [-0.05, 0) is 32.6 Å². The summed E-state index contributed by atoms with van der Waals surface area (Å²) in [7, 11) is 0. The van der Waals surface area contributed by atoms with Crippen LogP contribution in [0.25, 0.3) is 0 Å². The molecule has 1 saturated carbocycles. The normalized spacial score (nSPS) is 28.1. The lowest BCUT2D eigenvalue weighted by molar-refractivity contribution is -0.130. The molecular weight excluding hydrogens is 194 g/mol. The molecule has 1 aliphatic rings. The zero-order valence-corrected chi connectivity index (χ0v) is 9.03. The van der Waals surface area contributed by atoms with E-state index in [0.717, 1.165) is 25.7 Å². The Morgan fingerprint density at radius 2 is 1.80 bits per heavy atom. The number of rotatable bonds is 3. The number of hydrogen-bond acceptors (Lipinski definition) is 3. The molecule has 2 amide bonds. The Kier molecular flexibility index (Phi) is 4.08. The second kappa shape index (κ2) is 5.11. The van der Waals surface area contributed by atoms with E-state index in [1.54, 1.807) is 6.92 Å². The Labute approximate surface area is 89.6 Å². The maximum atomic E-state index is 11.7. The maximum absolute atomic E-state index is 11.7. The van der Waals surface area contributed by atoms with Crippen LogP contribution in [0.4, 0.5) is 0 Å². The summed E-state index contributed by atoms with van der Waals surface area (Å²) in [5, 5.41) is 2.61. The summed E-state index contributed by atoms with van der Waals surface area (Å²) in [6.45, 7) is 1.59. The number of nitrogens with one attached hydrogen (secondary N) is 1. The molecule has 1 atom stereocenters. The van der Waals surface area contributed by atoms with Crippen LogP contribution in [0.3, 0.4) is 0 Å². The summed E-state index contributed by atoms with van der Waals surface area (Å²) in [6.07, 6.45) is 3.36. The topological polar surface area (TPSA) is 98.2 Å². The van der Waals surface area contributed by atoms with E-state index < -0.39 is 11.9 Å². The third-order valence-corrected chi connectivity index (χ3v) is 2.93. The van der Waals surface area contributed by atoms with Crippen molar-refractivity contribution in [3.8, 4) is 0 Å². The summed E-state index contributed by atoms with van der Waals surface area (Å²) < 4.78 is 0. The summed E-state index contributed by atoms with van der Waals surface area (Å²) in [5.74, 6) is -0.587. The lowest BCUT2D eigenvalue weighted by atomic mass is 9.86. The summed E-state index contributed by atoms with van der Waals surface area (Å²) in [5.41, 5.74) is 10.8. The predicted molar refractivity (Wildman–Crippen MR) is 56.7 cm³/mol. The second-order valence-corrected chi connectivity index (χ2v) is 4.24. The molecule has 15 heavy (non-hydrogen) atoms. The number of amides is 2. The smallest absolute Gasteiger partial charge is 0.239 e. The van der Waals surface area contributed by atoms with Crippen molar-refractivity contribution in [2.24, 2.45) is 17.4 Å². The molecule has 86 valence electrons. The van der Waals surface area contributed by atoms with Crippen molar-refractivity contribution in [1.29, 1.82) is 0 Å². The molecule has 0 heterocycles. The van der Waals surface area contributed by atoms with Crippen molar-refractivity contribution in [2.75, 3.05) is 0 Å². The first-order chi connectivity index (χ1) is 7.00. The van der Waals surface area contributed by atoms with E-state index in [2.05, 4.69) is 5.32 Å². The molecule has 1 fully saturated rings. The van der Waals surface area contributed by atoms with Gasteiger partial charge in [0.15, 0.2) is 0 Å². The van der Waals surface area contributed by atoms with E-state index >= 15 is 0 Å². The zero-order chi connectivity index (χ0) is 11.4. The highest BCUT2D eigenvalue weighted by atomic mass is 16.2. The van der Waals surface area contributed by atoms with Crippen LogP contribution >= 0.6 is 0 Å². The first-order valence-electron chi connectivity index (χ1n) is 5.36. The first kappa shape index (κ1) is 12.0. The van der Waals surface area contributed by atoms with Crippen LogP contribution < -0.4 is 16.8 Å². The van der Waals surface area contributed by atoms with Crippen LogP contribution in [-0.2, 0) is 9.59 Å². The Morgan fingerprint density at radius 3 is 2.27 bits per heavy atom.